The fourth-order valence-electron chi connectivity index (χ4n) is 2.44. The first-order valence-corrected chi connectivity index (χ1v) is 10.3. The molecule has 2 aromatic rings. The molecule has 0 saturated heterocycles. The molecule has 27 heavy (non-hydrogen) atoms. The minimum absolute atomic E-state index is 0.0187. The molecule has 0 aliphatic carbocycles. The molecular weight excluding hydrogens is 384 g/mol. The molecule has 0 N–H and O–H groups in total. The Balaban J connectivity index is 2.55. The third-order valence-electron chi connectivity index (χ3n) is 4.18. The van der Waals surface area contributed by atoms with Gasteiger partial charge in [-0.2, -0.15) is 0 Å². The van der Waals surface area contributed by atoms with Crippen molar-refractivity contribution in [2.24, 2.45) is 0 Å². The quantitative estimate of drug-likeness (QED) is 0.647. The van der Waals surface area contributed by atoms with E-state index in [2.05, 4.69) is 6.58 Å². The van der Waals surface area contributed by atoms with Crippen LogP contribution in [0.3, 0.4) is 0 Å². The predicted octanol–water partition coefficient (Wildman–Crippen LogP) is 4.20. The maximum atomic E-state index is 13.3. The summed E-state index contributed by atoms with van der Waals surface area (Å²) in [5.74, 6) is -0.270. The van der Waals surface area contributed by atoms with Crippen LogP contribution in [0.1, 0.15) is 24.2 Å². The van der Waals surface area contributed by atoms with Crippen molar-refractivity contribution >= 4 is 33.2 Å². The van der Waals surface area contributed by atoms with Gasteiger partial charge in [0.05, 0.1) is 17.3 Å². The van der Waals surface area contributed by atoms with E-state index >= 15 is 0 Å². The molecule has 2 rings (SSSR count). The van der Waals surface area contributed by atoms with Crippen LogP contribution in [0.2, 0.25) is 5.02 Å². The first-order valence-electron chi connectivity index (χ1n) is 8.45. The lowest BCUT2D eigenvalue weighted by Crippen LogP contribution is -2.34. The van der Waals surface area contributed by atoms with Gasteiger partial charge in [0.2, 0.25) is 0 Å². The lowest BCUT2D eigenvalue weighted by atomic mass is 10.2. The Hall–Kier alpha value is -2.31. The van der Waals surface area contributed by atoms with Gasteiger partial charge >= 0.3 is 0 Å². The highest BCUT2D eigenvalue weighted by molar-refractivity contribution is 7.93. The normalized spacial score (nSPS) is 11.3. The molecule has 0 spiro atoms. The highest BCUT2D eigenvalue weighted by Gasteiger charge is 2.28. The number of amides is 1. The third-order valence-corrected chi connectivity index (χ3v) is 6.46. The number of nitrogens with zero attached hydrogens (tertiary/aromatic N) is 2. The number of sulfonamides is 1. The molecule has 0 atom stereocenters. The Morgan fingerprint density at radius 3 is 2.37 bits per heavy atom. The molecule has 0 unspecified atom stereocenters. The predicted molar refractivity (Wildman–Crippen MR) is 110 cm³/mol. The van der Waals surface area contributed by atoms with Crippen LogP contribution in [0, 0.1) is 0 Å². The molecule has 0 aliphatic heterocycles. The summed E-state index contributed by atoms with van der Waals surface area (Å²) < 4.78 is 27.8. The van der Waals surface area contributed by atoms with Gasteiger partial charge < -0.3 is 4.90 Å². The standard InChI is InChI=1S/C20H23ClN2O3S/c1-5-13-23(17-9-7-6-8-10-17)27(25,26)19-14-16(11-12-18(19)21)20(24)22(4)15(2)3/h5-12,14-15H,1,13H2,2-4H3. The van der Waals surface area contributed by atoms with Crippen LogP contribution in [-0.4, -0.2) is 38.9 Å². The van der Waals surface area contributed by atoms with Crippen molar-refractivity contribution < 1.29 is 13.2 Å². The van der Waals surface area contributed by atoms with Gasteiger partial charge in [0.25, 0.3) is 15.9 Å². The van der Waals surface area contributed by atoms with Crippen LogP contribution < -0.4 is 4.31 Å². The van der Waals surface area contributed by atoms with Gasteiger partial charge in [0.15, 0.2) is 0 Å². The van der Waals surface area contributed by atoms with Gasteiger partial charge in [-0.15, -0.1) is 6.58 Å². The number of rotatable bonds is 7. The molecule has 0 radical (unpaired) electrons. The van der Waals surface area contributed by atoms with E-state index in [1.54, 1.807) is 42.3 Å². The molecule has 7 heteroatoms. The first kappa shape index (κ1) is 21.0. The number of anilines is 1. The molecule has 144 valence electrons. The van der Waals surface area contributed by atoms with Crippen LogP contribution in [0.5, 0.6) is 0 Å². The highest BCUT2D eigenvalue weighted by Crippen LogP contribution is 2.29. The molecule has 0 aromatic heterocycles. The van der Waals surface area contributed by atoms with Gasteiger partial charge in [-0.1, -0.05) is 35.9 Å². The summed E-state index contributed by atoms with van der Waals surface area (Å²) in [6.45, 7) is 7.48. The van der Waals surface area contributed by atoms with Crippen LogP contribution in [-0.2, 0) is 10.0 Å². The molecule has 0 bridgehead atoms. The van der Waals surface area contributed by atoms with Gasteiger partial charge in [-0.3, -0.25) is 9.10 Å². The second kappa shape index (κ2) is 8.59. The average molecular weight is 407 g/mol. The third kappa shape index (κ3) is 4.51. The summed E-state index contributed by atoms with van der Waals surface area (Å²) in [7, 11) is -2.32. The zero-order valence-electron chi connectivity index (χ0n) is 15.6. The summed E-state index contributed by atoms with van der Waals surface area (Å²) in [5, 5.41) is 0.0590. The molecule has 2 aromatic carbocycles. The van der Waals surface area contributed by atoms with Crippen LogP contribution in [0.25, 0.3) is 0 Å². The summed E-state index contributed by atoms with van der Waals surface area (Å²) >= 11 is 6.20. The fourth-order valence-corrected chi connectivity index (χ4v) is 4.38. The Morgan fingerprint density at radius 2 is 1.81 bits per heavy atom. The Labute approximate surface area is 165 Å². The van der Waals surface area contributed by atoms with Gasteiger partial charge in [0, 0.05) is 18.7 Å². The van der Waals surface area contributed by atoms with Gasteiger partial charge in [-0.25, -0.2) is 8.42 Å². The molecule has 5 nitrogen and oxygen atoms in total. The topological polar surface area (TPSA) is 57.7 Å². The minimum Gasteiger partial charge on any atom is -0.339 e. The number of carbonyl (C=O) groups excluding carboxylic acids is 1. The molecule has 0 saturated carbocycles. The number of hydrogen-bond acceptors (Lipinski definition) is 3. The molecule has 0 aliphatic rings. The molecule has 1 amide bonds. The van der Waals surface area contributed by atoms with E-state index in [0.717, 1.165) is 0 Å². The zero-order chi connectivity index (χ0) is 20.2. The molecular formula is C20H23ClN2O3S. The number of para-hydroxylation sites is 1. The van der Waals surface area contributed by atoms with E-state index in [9.17, 15) is 13.2 Å². The summed E-state index contributed by atoms with van der Waals surface area (Å²) in [5.41, 5.74) is 0.755. The Kier molecular flexibility index (Phi) is 6.68. The molecule has 0 fully saturated rings. The number of hydrogen-bond donors (Lipinski definition) is 0. The largest absolute Gasteiger partial charge is 0.339 e. The van der Waals surface area contributed by atoms with Crippen molar-refractivity contribution in [3.05, 3.63) is 71.8 Å². The van der Waals surface area contributed by atoms with Gasteiger partial charge in [-0.05, 0) is 44.2 Å². The second-order valence-corrected chi connectivity index (χ2v) is 8.55. The van der Waals surface area contributed by atoms with Crippen LogP contribution >= 0.6 is 11.6 Å². The maximum absolute atomic E-state index is 13.3. The van der Waals surface area contributed by atoms with Crippen molar-refractivity contribution in [2.75, 3.05) is 17.9 Å². The average Bonchev–Trinajstić information content (AvgIpc) is 2.65. The number of halogens is 1. The monoisotopic (exact) mass is 406 g/mol. The maximum Gasteiger partial charge on any atom is 0.266 e. The summed E-state index contributed by atoms with van der Waals surface area (Å²) in [6.07, 6.45) is 1.50. The zero-order valence-corrected chi connectivity index (χ0v) is 17.2. The van der Waals surface area contributed by atoms with Crippen molar-refractivity contribution in [1.82, 2.24) is 4.90 Å². The van der Waals surface area contributed by atoms with Crippen molar-refractivity contribution in [3.63, 3.8) is 0 Å². The van der Waals surface area contributed by atoms with Crippen molar-refractivity contribution in [3.8, 4) is 0 Å². The smallest absolute Gasteiger partial charge is 0.266 e. The van der Waals surface area contributed by atoms with E-state index in [1.807, 2.05) is 13.8 Å². The Morgan fingerprint density at radius 1 is 1.19 bits per heavy atom. The van der Waals surface area contributed by atoms with E-state index < -0.39 is 10.0 Å². The van der Waals surface area contributed by atoms with Crippen LogP contribution in [0.15, 0.2) is 66.1 Å². The lowest BCUT2D eigenvalue weighted by molar-refractivity contribution is 0.0754. The van der Waals surface area contributed by atoms with Gasteiger partial charge in [0.1, 0.15) is 4.90 Å². The highest BCUT2D eigenvalue weighted by atomic mass is 35.5. The first-order chi connectivity index (χ1) is 12.7. The second-order valence-electron chi connectivity index (χ2n) is 6.32. The number of benzene rings is 2. The lowest BCUT2D eigenvalue weighted by Gasteiger charge is -2.25. The number of carbonyl (C=O) groups is 1. The van der Waals surface area contributed by atoms with E-state index in [-0.39, 0.29) is 34.0 Å². The van der Waals surface area contributed by atoms with E-state index in [0.29, 0.717) is 5.69 Å². The summed E-state index contributed by atoms with van der Waals surface area (Å²) in [4.78, 5) is 14.0. The van der Waals surface area contributed by atoms with E-state index in [1.165, 1.54) is 28.6 Å². The minimum atomic E-state index is -3.99. The van der Waals surface area contributed by atoms with Crippen LogP contribution in [0.4, 0.5) is 5.69 Å². The van der Waals surface area contributed by atoms with Crippen molar-refractivity contribution in [2.45, 2.75) is 24.8 Å². The summed E-state index contributed by atoms with van der Waals surface area (Å²) in [6, 6.07) is 13.0. The van der Waals surface area contributed by atoms with Crippen molar-refractivity contribution in [1.29, 1.82) is 0 Å². The van der Waals surface area contributed by atoms with E-state index in [4.69, 9.17) is 11.6 Å². The SMILES string of the molecule is C=CCN(c1ccccc1)S(=O)(=O)c1cc(C(=O)N(C)C(C)C)ccc1Cl. The Bertz CT molecular complexity index is 927. The fraction of sp³-hybridized carbons (Fsp3) is 0.250. The molecule has 0 heterocycles.